The molecule has 2 N–H and O–H groups in total. The van der Waals surface area contributed by atoms with Gasteiger partial charge in [0.1, 0.15) is 5.75 Å². The Kier molecular flexibility index (Phi) is 4.11. The average molecular weight is 282 g/mol. The van der Waals surface area contributed by atoms with Crippen LogP contribution in [0.1, 0.15) is 23.6 Å². The first-order valence-electron chi connectivity index (χ1n) is 7.52. The van der Waals surface area contributed by atoms with Crippen LogP contribution in [0.2, 0.25) is 0 Å². The van der Waals surface area contributed by atoms with Crippen molar-refractivity contribution in [3.63, 3.8) is 0 Å². The summed E-state index contributed by atoms with van der Waals surface area (Å²) < 4.78 is 5.35. The van der Waals surface area contributed by atoms with Gasteiger partial charge in [0.05, 0.1) is 13.2 Å². The second kappa shape index (κ2) is 6.19. The highest BCUT2D eigenvalue weighted by molar-refractivity contribution is 5.57. The predicted molar refractivity (Wildman–Crippen MR) is 86.9 cm³/mol. The summed E-state index contributed by atoms with van der Waals surface area (Å²) in [5.74, 6) is 0.885. The van der Waals surface area contributed by atoms with Gasteiger partial charge < -0.3 is 15.4 Å². The minimum Gasteiger partial charge on any atom is -0.497 e. The fraction of sp³-hybridized carbons (Fsp3) is 0.333. The first-order valence-corrected chi connectivity index (χ1v) is 7.52. The summed E-state index contributed by atoms with van der Waals surface area (Å²) in [5.41, 5.74) is 10.1. The van der Waals surface area contributed by atoms with Gasteiger partial charge in [-0.25, -0.2) is 0 Å². The quantitative estimate of drug-likeness (QED) is 0.936. The molecule has 3 heteroatoms. The molecule has 3 nitrogen and oxygen atoms in total. The number of anilines is 1. The van der Waals surface area contributed by atoms with Gasteiger partial charge in [-0.2, -0.15) is 0 Å². The largest absolute Gasteiger partial charge is 0.497 e. The number of ether oxygens (including phenoxy) is 1. The lowest BCUT2D eigenvalue weighted by molar-refractivity contribution is 0.413. The fourth-order valence-electron chi connectivity index (χ4n) is 3.18. The van der Waals surface area contributed by atoms with Gasteiger partial charge in [-0.15, -0.1) is 0 Å². The second-order valence-electron chi connectivity index (χ2n) is 5.45. The molecule has 2 aromatic rings. The molecule has 2 aromatic carbocycles. The monoisotopic (exact) mass is 282 g/mol. The van der Waals surface area contributed by atoms with Gasteiger partial charge in [0.2, 0.25) is 0 Å². The lowest BCUT2D eigenvalue weighted by Crippen LogP contribution is -2.37. The van der Waals surface area contributed by atoms with Crippen LogP contribution in [0.25, 0.3) is 0 Å². The molecule has 0 bridgehead atoms. The highest BCUT2D eigenvalue weighted by Gasteiger charge is 2.24. The van der Waals surface area contributed by atoms with Crippen LogP contribution in [0.3, 0.4) is 0 Å². The van der Waals surface area contributed by atoms with Crippen molar-refractivity contribution in [1.29, 1.82) is 0 Å². The lowest BCUT2D eigenvalue weighted by Gasteiger charge is -2.37. The molecule has 0 saturated heterocycles. The fourth-order valence-corrected chi connectivity index (χ4v) is 3.18. The molecule has 1 aliphatic heterocycles. The molecule has 0 aliphatic carbocycles. The molecule has 21 heavy (non-hydrogen) atoms. The highest BCUT2D eigenvalue weighted by Crippen LogP contribution is 2.34. The van der Waals surface area contributed by atoms with E-state index in [1.165, 1.54) is 23.2 Å². The van der Waals surface area contributed by atoms with Crippen molar-refractivity contribution in [2.45, 2.75) is 18.9 Å². The summed E-state index contributed by atoms with van der Waals surface area (Å²) in [6, 6.07) is 17.1. The van der Waals surface area contributed by atoms with E-state index >= 15 is 0 Å². The standard InChI is InChI=1S/C18H22N2O/c1-21-16-9-4-7-15(12-16)18(13-19)20-11-5-8-14-6-2-3-10-17(14)20/h2-4,6-7,9-10,12,18H,5,8,11,13,19H2,1H3. The molecular formula is C18H22N2O. The zero-order chi connectivity index (χ0) is 14.7. The zero-order valence-electron chi connectivity index (χ0n) is 12.5. The van der Waals surface area contributed by atoms with E-state index in [0.29, 0.717) is 6.54 Å². The van der Waals surface area contributed by atoms with Crippen molar-refractivity contribution in [3.05, 3.63) is 59.7 Å². The maximum absolute atomic E-state index is 6.10. The highest BCUT2D eigenvalue weighted by atomic mass is 16.5. The third-order valence-corrected chi connectivity index (χ3v) is 4.22. The number of benzene rings is 2. The van der Waals surface area contributed by atoms with Gasteiger partial charge in [0.15, 0.2) is 0 Å². The van der Waals surface area contributed by atoms with Crippen LogP contribution in [0.15, 0.2) is 48.5 Å². The summed E-state index contributed by atoms with van der Waals surface area (Å²) in [4.78, 5) is 2.44. The average Bonchev–Trinajstić information content (AvgIpc) is 2.56. The summed E-state index contributed by atoms with van der Waals surface area (Å²) in [7, 11) is 1.70. The van der Waals surface area contributed by atoms with Gasteiger partial charge in [0, 0.05) is 18.8 Å². The Labute approximate surface area is 126 Å². The molecule has 0 fully saturated rings. The van der Waals surface area contributed by atoms with Gasteiger partial charge >= 0.3 is 0 Å². The smallest absolute Gasteiger partial charge is 0.119 e. The molecule has 0 radical (unpaired) electrons. The maximum atomic E-state index is 6.10. The molecule has 0 aromatic heterocycles. The Bertz CT molecular complexity index is 612. The van der Waals surface area contributed by atoms with Crippen LogP contribution in [-0.2, 0) is 6.42 Å². The van der Waals surface area contributed by atoms with E-state index in [1.54, 1.807) is 7.11 Å². The normalized spacial score (nSPS) is 15.4. The van der Waals surface area contributed by atoms with Crippen LogP contribution in [-0.4, -0.2) is 20.2 Å². The number of nitrogens with two attached hydrogens (primary N) is 1. The van der Waals surface area contributed by atoms with Gasteiger partial charge in [-0.1, -0.05) is 30.3 Å². The molecular weight excluding hydrogens is 260 g/mol. The Hall–Kier alpha value is -2.00. The second-order valence-corrected chi connectivity index (χ2v) is 5.45. The first kappa shape index (κ1) is 14.0. The minimum absolute atomic E-state index is 0.196. The van der Waals surface area contributed by atoms with Crippen LogP contribution in [0, 0.1) is 0 Å². The van der Waals surface area contributed by atoms with E-state index in [1.807, 2.05) is 12.1 Å². The van der Waals surface area contributed by atoms with Crippen LogP contribution >= 0.6 is 0 Å². The molecule has 1 aliphatic rings. The Morgan fingerprint density at radius 1 is 1.19 bits per heavy atom. The van der Waals surface area contributed by atoms with Crippen LogP contribution in [0.5, 0.6) is 5.75 Å². The van der Waals surface area contributed by atoms with Crippen LogP contribution < -0.4 is 15.4 Å². The third kappa shape index (κ3) is 2.74. The molecule has 1 unspecified atom stereocenters. The molecule has 1 heterocycles. The summed E-state index contributed by atoms with van der Waals surface area (Å²) in [6.45, 7) is 1.65. The topological polar surface area (TPSA) is 38.5 Å². The van der Waals surface area contributed by atoms with Crippen LogP contribution in [0.4, 0.5) is 5.69 Å². The number of rotatable bonds is 4. The SMILES string of the molecule is COc1cccc(C(CN)N2CCCc3ccccc32)c1. The molecule has 0 amide bonds. The molecule has 0 saturated carbocycles. The summed E-state index contributed by atoms with van der Waals surface area (Å²) in [5, 5.41) is 0. The number of methoxy groups -OCH3 is 1. The van der Waals surface area contributed by atoms with E-state index in [9.17, 15) is 0 Å². The Morgan fingerprint density at radius 2 is 2.05 bits per heavy atom. The van der Waals surface area contributed by atoms with Crippen molar-refractivity contribution < 1.29 is 4.74 Å². The Balaban J connectivity index is 1.97. The van der Waals surface area contributed by atoms with Crippen molar-refractivity contribution >= 4 is 5.69 Å². The van der Waals surface area contributed by atoms with Gasteiger partial charge in [0.25, 0.3) is 0 Å². The number of hydrogen-bond donors (Lipinski definition) is 1. The Morgan fingerprint density at radius 3 is 2.86 bits per heavy atom. The van der Waals surface area contributed by atoms with Gasteiger partial charge in [-0.05, 0) is 42.2 Å². The number of para-hydroxylation sites is 1. The minimum atomic E-state index is 0.196. The van der Waals surface area contributed by atoms with Crippen molar-refractivity contribution in [2.24, 2.45) is 5.73 Å². The predicted octanol–water partition coefficient (Wildman–Crippen LogP) is 3.15. The lowest BCUT2D eigenvalue weighted by atomic mass is 9.97. The van der Waals surface area contributed by atoms with E-state index in [2.05, 4.69) is 41.3 Å². The van der Waals surface area contributed by atoms with Crippen molar-refractivity contribution in [2.75, 3.05) is 25.1 Å². The van der Waals surface area contributed by atoms with E-state index in [0.717, 1.165) is 18.7 Å². The van der Waals surface area contributed by atoms with E-state index in [-0.39, 0.29) is 6.04 Å². The molecule has 110 valence electrons. The zero-order valence-corrected chi connectivity index (χ0v) is 12.5. The van der Waals surface area contributed by atoms with E-state index in [4.69, 9.17) is 10.5 Å². The third-order valence-electron chi connectivity index (χ3n) is 4.22. The maximum Gasteiger partial charge on any atom is 0.119 e. The van der Waals surface area contributed by atoms with E-state index < -0.39 is 0 Å². The van der Waals surface area contributed by atoms with Crippen molar-refractivity contribution in [1.82, 2.24) is 0 Å². The number of hydrogen-bond acceptors (Lipinski definition) is 3. The summed E-state index contributed by atoms with van der Waals surface area (Å²) in [6.07, 6.45) is 2.33. The molecule has 3 rings (SSSR count). The summed E-state index contributed by atoms with van der Waals surface area (Å²) >= 11 is 0. The van der Waals surface area contributed by atoms with Gasteiger partial charge in [-0.3, -0.25) is 0 Å². The first-order chi connectivity index (χ1) is 10.3. The molecule has 0 spiro atoms. The number of aryl methyl sites for hydroxylation is 1. The number of fused-ring (bicyclic) bond motifs is 1. The number of nitrogens with zero attached hydrogens (tertiary/aromatic N) is 1. The molecule has 1 atom stereocenters. The van der Waals surface area contributed by atoms with Crippen molar-refractivity contribution in [3.8, 4) is 5.75 Å².